The van der Waals surface area contributed by atoms with E-state index in [-0.39, 0.29) is 6.61 Å². The number of hydrogen-bond donors (Lipinski definition) is 2. The molecular weight excluding hydrogens is 280 g/mol. The van der Waals surface area contributed by atoms with E-state index in [4.69, 9.17) is 16.3 Å². The molecule has 0 rings (SSSR count). The summed E-state index contributed by atoms with van der Waals surface area (Å²) in [5.74, 6) is 0. The number of quaternary nitrogens is 1. The molecule has 0 atom stereocenters. The monoisotopic (exact) mass is 303 g/mol. The minimum atomic E-state index is -4.31. The van der Waals surface area contributed by atoms with Crippen LogP contribution < -0.4 is 4.84 Å². The van der Waals surface area contributed by atoms with Gasteiger partial charge in [0.15, 0.2) is 0 Å². The maximum atomic E-state index is 10.4. The van der Waals surface area contributed by atoms with E-state index in [0.29, 0.717) is 6.42 Å². The highest BCUT2D eigenvalue weighted by Crippen LogP contribution is 2.09. The summed E-state index contributed by atoms with van der Waals surface area (Å²) in [6.07, 6.45) is 1.56. The first-order valence-electron chi connectivity index (χ1n) is 6.19. The maximum Gasteiger partial charge on any atom is 0.397 e. The van der Waals surface area contributed by atoms with Gasteiger partial charge in [0.05, 0.1) is 32.8 Å². The van der Waals surface area contributed by atoms with Crippen molar-refractivity contribution >= 4 is 22.2 Å². The first kappa shape index (κ1) is 18.1. The molecule has 0 aromatic heterocycles. The molecule has 6 nitrogen and oxygen atoms in total. The average Bonchev–Trinajstić information content (AvgIpc) is 2.31. The Morgan fingerprint density at radius 2 is 1.78 bits per heavy atom. The zero-order valence-corrected chi connectivity index (χ0v) is 12.6. The second kappa shape index (κ2) is 9.06. The summed E-state index contributed by atoms with van der Waals surface area (Å²) in [6, 6.07) is 0. The molecule has 8 heteroatoms. The third-order valence-corrected chi connectivity index (χ3v) is 3.91. The van der Waals surface area contributed by atoms with Gasteiger partial charge in [-0.2, -0.15) is 8.42 Å². The highest BCUT2D eigenvalue weighted by Gasteiger charge is 2.22. The van der Waals surface area contributed by atoms with Crippen LogP contribution in [0.5, 0.6) is 0 Å². The van der Waals surface area contributed by atoms with Crippen LogP contribution in [-0.2, 0) is 14.6 Å². The van der Waals surface area contributed by atoms with E-state index in [0.717, 1.165) is 43.6 Å². The zero-order valence-electron chi connectivity index (χ0n) is 11.1. The lowest BCUT2D eigenvalue weighted by atomic mass is 10.2. The number of hydrogen-bond acceptors (Lipinski definition) is 4. The third kappa shape index (κ3) is 8.23. The molecule has 0 aromatic rings. The Bertz CT molecular complexity index is 307. The first-order valence-corrected chi connectivity index (χ1v) is 7.94. The van der Waals surface area contributed by atoms with Gasteiger partial charge in [0.2, 0.25) is 0 Å². The van der Waals surface area contributed by atoms with Gasteiger partial charge in [0.25, 0.3) is 0 Å². The molecule has 18 heavy (non-hydrogen) atoms. The Balaban J connectivity index is 4.09. The van der Waals surface area contributed by atoms with E-state index < -0.39 is 10.4 Å². The van der Waals surface area contributed by atoms with Crippen molar-refractivity contribution in [2.24, 2.45) is 0 Å². The molecule has 0 aliphatic rings. The highest BCUT2D eigenvalue weighted by atomic mass is 35.5. The summed E-state index contributed by atoms with van der Waals surface area (Å²) in [7, 11) is -4.31. The van der Waals surface area contributed by atoms with Crippen LogP contribution in [0.1, 0.15) is 26.7 Å². The van der Waals surface area contributed by atoms with Gasteiger partial charge >= 0.3 is 10.4 Å². The summed E-state index contributed by atoms with van der Waals surface area (Å²) < 4.78 is 34.5. The van der Waals surface area contributed by atoms with E-state index >= 15 is 0 Å². The standard InChI is InChI=1S/C10H23ClN2O4S/c1-3-13(4-2,8-5-7-12-11)9-6-10-17-18(14,15)16/h12H,3-10H2,1-2H3/p+1. The number of rotatable bonds is 11. The van der Waals surface area contributed by atoms with Gasteiger partial charge in [-0.15, -0.1) is 0 Å². The van der Waals surface area contributed by atoms with Crippen LogP contribution in [0.2, 0.25) is 0 Å². The van der Waals surface area contributed by atoms with Crippen molar-refractivity contribution in [2.45, 2.75) is 26.7 Å². The average molecular weight is 304 g/mol. The van der Waals surface area contributed by atoms with Gasteiger partial charge in [0, 0.05) is 19.4 Å². The quantitative estimate of drug-likeness (QED) is 0.259. The smallest absolute Gasteiger partial charge is 0.324 e. The van der Waals surface area contributed by atoms with Gasteiger partial charge < -0.3 is 4.48 Å². The largest absolute Gasteiger partial charge is 0.397 e. The van der Waals surface area contributed by atoms with Crippen molar-refractivity contribution in [1.82, 2.24) is 4.84 Å². The molecule has 0 aromatic carbocycles. The highest BCUT2D eigenvalue weighted by molar-refractivity contribution is 7.80. The van der Waals surface area contributed by atoms with E-state index in [2.05, 4.69) is 22.9 Å². The maximum absolute atomic E-state index is 10.4. The van der Waals surface area contributed by atoms with Crippen molar-refractivity contribution in [2.75, 3.05) is 39.3 Å². The molecule has 0 heterocycles. The molecule has 0 fully saturated rings. The SMILES string of the molecule is CC[N+](CC)(CCCNCl)CCCOS(=O)(=O)O. The Kier molecular flexibility index (Phi) is 9.10. The minimum Gasteiger partial charge on any atom is -0.324 e. The Hall–Kier alpha value is 0.0800. The van der Waals surface area contributed by atoms with Crippen molar-refractivity contribution in [1.29, 1.82) is 0 Å². The molecule has 110 valence electrons. The van der Waals surface area contributed by atoms with Crippen molar-refractivity contribution in [3.8, 4) is 0 Å². The first-order chi connectivity index (χ1) is 8.39. The summed E-state index contributed by atoms with van der Waals surface area (Å²) in [4.78, 5) is 2.60. The van der Waals surface area contributed by atoms with E-state index in [1.54, 1.807) is 0 Å². The third-order valence-electron chi connectivity index (χ3n) is 3.25. The predicted octanol–water partition coefficient (Wildman–Crippen LogP) is 1.19. The molecular formula is C10H24ClN2O4S+. The van der Waals surface area contributed by atoms with Gasteiger partial charge in [-0.1, -0.05) is 0 Å². The summed E-state index contributed by atoms with van der Waals surface area (Å²) >= 11 is 5.42. The number of halogens is 1. The van der Waals surface area contributed by atoms with E-state index in [1.807, 2.05) is 0 Å². The van der Waals surface area contributed by atoms with Gasteiger partial charge in [0.1, 0.15) is 0 Å². The fourth-order valence-corrected chi connectivity index (χ4v) is 2.48. The number of nitrogens with zero attached hydrogens (tertiary/aromatic N) is 1. The van der Waals surface area contributed by atoms with Gasteiger partial charge in [-0.3, -0.25) is 4.55 Å². The summed E-state index contributed by atoms with van der Waals surface area (Å²) in [6.45, 7) is 8.76. The normalized spacial score (nSPS) is 12.9. The second-order valence-corrected chi connectivity index (χ2v) is 5.62. The number of nitrogens with one attached hydrogen (secondary N) is 1. The fraction of sp³-hybridized carbons (Fsp3) is 1.00. The molecule has 0 amide bonds. The van der Waals surface area contributed by atoms with E-state index in [1.165, 1.54) is 0 Å². The van der Waals surface area contributed by atoms with Crippen LogP contribution in [-0.4, -0.2) is 56.8 Å². The topological polar surface area (TPSA) is 75.6 Å². The van der Waals surface area contributed by atoms with Crippen LogP contribution >= 0.6 is 11.8 Å². The lowest BCUT2D eigenvalue weighted by Crippen LogP contribution is -2.49. The summed E-state index contributed by atoms with van der Waals surface area (Å²) in [5, 5.41) is 0. The van der Waals surface area contributed by atoms with Gasteiger partial charge in [-0.25, -0.2) is 9.02 Å². The predicted molar refractivity (Wildman–Crippen MR) is 71.7 cm³/mol. The van der Waals surface area contributed by atoms with Crippen molar-refractivity contribution in [3.63, 3.8) is 0 Å². The molecule has 2 N–H and O–H groups in total. The Labute approximate surface area is 115 Å². The molecule has 0 saturated heterocycles. The minimum absolute atomic E-state index is 0.0204. The lowest BCUT2D eigenvalue weighted by Gasteiger charge is -2.37. The second-order valence-electron chi connectivity index (χ2n) is 4.26. The van der Waals surface area contributed by atoms with Crippen molar-refractivity contribution < 1.29 is 21.6 Å². The zero-order chi connectivity index (χ0) is 14.1. The fourth-order valence-electron chi connectivity index (χ4n) is 2.01. The van der Waals surface area contributed by atoms with Crippen molar-refractivity contribution in [3.05, 3.63) is 0 Å². The van der Waals surface area contributed by atoms with Gasteiger partial charge in [-0.05, 0) is 25.6 Å². The van der Waals surface area contributed by atoms with Crippen LogP contribution in [0, 0.1) is 0 Å². The molecule has 0 radical (unpaired) electrons. The van der Waals surface area contributed by atoms with E-state index in [9.17, 15) is 8.42 Å². The molecule has 0 bridgehead atoms. The van der Waals surface area contributed by atoms with Crippen LogP contribution in [0.3, 0.4) is 0 Å². The molecule has 0 spiro atoms. The Morgan fingerprint density at radius 1 is 1.22 bits per heavy atom. The van der Waals surface area contributed by atoms with Crippen LogP contribution in [0.4, 0.5) is 0 Å². The van der Waals surface area contributed by atoms with Crippen LogP contribution in [0.25, 0.3) is 0 Å². The lowest BCUT2D eigenvalue weighted by molar-refractivity contribution is -0.925. The van der Waals surface area contributed by atoms with Crippen LogP contribution in [0.15, 0.2) is 0 Å². The molecule has 0 aliphatic heterocycles. The Morgan fingerprint density at radius 3 is 2.22 bits per heavy atom. The molecule has 0 unspecified atom stereocenters. The molecule has 0 saturated carbocycles. The summed E-state index contributed by atoms with van der Waals surface area (Å²) in [5.41, 5.74) is 0. The molecule has 0 aliphatic carbocycles.